The number of hydrogen-bond donors (Lipinski definition) is 1. The van der Waals surface area contributed by atoms with Crippen LogP contribution in [0.4, 0.5) is 0 Å². The quantitative estimate of drug-likeness (QED) is 0.901. The predicted molar refractivity (Wildman–Crippen MR) is 68.4 cm³/mol. The third-order valence-corrected chi connectivity index (χ3v) is 3.51. The largest absolute Gasteiger partial charge is 0.508 e. The van der Waals surface area contributed by atoms with E-state index in [1.54, 1.807) is 12.1 Å². The summed E-state index contributed by atoms with van der Waals surface area (Å²) in [5.74, 6) is 0.313. The zero-order chi connectivity index (χ0) is 12.3. The summed E-state index contributed by atoms with van der Waals surface area (Å²) in [6.45, 7) is 2.38. The van der Waals surface area contributed by atoms with Gasteiger partial charge in [-0.25, -0.2) is 0 Å². The van der Waals surface area contributed by atoms with Gasteiger partial charge in [0.2, 0.25) is 0 Å². The van der Waals surface area contributed by atoms with Gasteiger partial charge in [-0.2, -0.15) is 0 Å². The van der Waals surface area contributed by atoms with Gasteiger partial charge in [-0.3, -0.25) is 4.90 Å². The number of rotatable bonds is 3. The molecule has 0 saturated carbocycles. The van der Waals surface area contributed by atoms with Crippen molar-refractivity contribution >= 4 is 11.6 Å². The van der Waals surface area contributed by atoms with Gasteiger partial charge >= 0.3 is 0 Å². The molecule has 1 heterocycles. The molecule has 1 saturated heterocycles. The van der Waals surface area contributed by atoms with Gasteiger partial charge in [0.15, 0.2) is 0 Å². The third-order valence-electron chi connectivity index (χ3n) is 3.28. The maximum absolute atomic E-state index is 9.77. The first-order chi connectivity index (χ1) is 8.16. The van der Waals surface area contributed by atoms with Crippen molar-refractivity contribution < 1.29 is 9.84 Å². The van der Waals surface area contributed by atoms with Crippen LogP contribution in [0.1, 0.15) is 18.4 Å². The van der Waals surface area contributed by atoms with Crippen LogP contribution in [-0.2, 0) is 11.3 Å². The van der Waals surface area contributed by atoms with E-state index in [4.69, 9.17) is 16.3 Å². The van der Waals surface area contributed by atoms with E-state index in [-0.39, 0.29) is 0 Å². The SMILES string of the molecule is CN(Cc1cc(Cl)ccc1O)C1CCOCC1. The number of halogens is 1. The Morgan fingerprint density at radius 1 is 1.41 bits per heavy atom. The van der Waals surface area contributed by atoms with E-state index in [1.165, 1.54) is 0 Å². The lowest BCUT2D eigenvalue weighted by molar-refractivity contribution is 0.0405. The van der Waals surface area contributed by atoms with E-state index in [2.05, 4.69) is 11.9 Å². The number of phenols is 1. The van der Waals surface area contributed by atoms with Crippen LogP contribution in [0, 0.1) is 0 Å². The van der Waals surface area contributed by atoms with Crippen molar-refractivity contribution in [2.45, 2.75) is 25.4 Å². The van der Waals surface area contributed by atoms with E-state index in [0.29, 0.717) is 16.8 Å². The molecule has 4 heteroatoms. The first-order valence-corrected chi connectivity index (χ1v) is 6.30. The van der Waals surface area contributed by atoms with Gasteiger partial charge in [-0.05, 0) is 38.1 Å². The molecule has 0 spiro atoms. The summed E-state index contributed by atoms with van der Waals surface area (Å²) in [5.41, 5.74) is 0.881. The van der Waals surface area contributed by atoms with E-state index in [0.717, 1.165) is 38.2 Å². The maximum atomic E-state index is 9.77. The fraction of sp³-hybridized carbons (Fsp3) is 0.538. The molecular formula is C13H18ClNO2. The lowest BCUT2D eigenvalue weighted by atomic mass is 10.1. The van der Waals surface area contributed by atoms with Crippen molar-refractivity contribution in [3.05, 3.63) is 28.8 Å². The zero-order valence-corrected chi connectivity index (χ0v) is 10.8. The van der Waals surface area contributed by atoms with E-state index in [1.807, 2.05) is 6.07 Å². The lowest BCUT2D eigenvalue weighted by Crippen LogP contribution is -2.36. The molecule has 0 unspecified atom stereocenters. The fourth-order valence-corrected chi connectivity index (χ4v) is 2.40. The lowest BCUT2D eigenvalue weighted by Gasteiger charge is -2.31. The van der Waals surface area contributed by atoms with Crippen molar-refractivity contribution in [1.82, 2.24) is 4.90 Å². The molecule has 1 fully saturated rings. The molecule has 0 atom stereocenters. The molecule has 1 aliphatic heterocycles. The average molecular weight is 256 g/mol. The highest BCUT2D eigenvalue weighted by molar-refractivity contribution is 6.30. The number of aromatic hydroxyl groups is 1. The maximum Gasteiger partial charge on any atom is 0.120 e. The Labute approximate surface area is 107 Å². The molecule has 2 rings (SSSR count). The molecule has 0 radical (unpaired) electrons. The summed E-state index contributed by atoms with van der Waals surface area (Å²) in [6, 6.07) is 5.71. The molecule has 94 valence electrons. The minimum absolute atomic E-state index is 0.313. The number of nitrogens with zero attached hydrogens (tertiary/aromatic N) is 1. The number of phenolic OH excluding ortho intramolecular Hbond substituents is 1. The molecule has 1 aromatic rings. The van der Waals surface area contributed by atoms with E-state index >= 15 is 0 Å². The van der Waals surface area contributed by atoms with Crippen LogP contribution in [0.15, 0.2) is 18.2 Å². The smallest absolute Gasteiger partial charge is 0.120 e. The van der Waals surface area contributed by atoms with Crippen LogP contribution in [0.25, 0.3) is 0 Å². The highest BCUT2D eigenvalue weighted by Crippen LogP contribution is 2.24. The molecule has 17 heavy (non-hydrogen) atoms. The molecule has 1 aromatic carbocycles. The van der Waals surface area contributed by atoms with Crippen molar-refractivity contribution in [2.24, 2.45) is 0 Å². The molecule has 0 bridgehead atoms. The monoisotopic (exact) mass is 255 g/mol. The summed E-state index contributed by atoms with van der Waals surface area (Å²) >= 11 is 5.94. The standard InChI is InChI=1S/C13H18ClNO2/c1-15(12-4-6-17-7-5-12)9-10-8-11(14)2-3-13(10)16/h2-3,8,12,16H,4-7,9H2,1H3. The minimum atomic E-state index is 0.313. The minimum Gasteiger partial charge on any atom is -0.508 e. The zero-order valence-electron chi connectivity index (χ0n) is 10.0. The molecular weight excluding hydrogens is 238 g/mol. The van der Waals surface area contributed by atoms with Gasteiger partial charge < -0.3 is 9.84 Å². The van der Waals surface area contributed by atoms with Crippen molar-refractivity contribution in [3.8, 4) is 5.75 Å². The highest BCUT2D eigenvalue weighted by Gasteiger charge is 2.19. The van der Waals surface area contributed by atoms with Crippen LogP contribution in [-0.4, -0.2) is 36.3 Å². The van der Waals surface area contributed by atoms with Crippen LogP contribution >= 0.6 is 11.6 Å². The van der Waals surface area contributed by atoms with E-state index in [9.17, 15) is 5.11 Å². The second-order valence-corrected chi connectivity index (χ2v) is 4.97. The molecule has 0 aromatic heterocycles. The van der Waals surface area contributed by atoms with Crippen LogP contribution < -0.4 is 0 Å². The second kappa shape index (κ2) is 5.71. The Kier molecular flexibility index (Phi) is 4.26. The van der Waals surface area contributed by atoms with Gasteiger partial charge in [0.1, 0.15) is 5.75 Å². The van der Waals surface area contributed by atoms with Crippen molar-refractivity contribution in [1.29, 1.82) is 0 Å². The first kappa shape index (κ1) is 12.7. The van der Waals surface area contributed by atoms with E-state index < -0.39 is 0 Å². The Balaban J connectivity index is 2.01. The molecule has 0 amide bonds. The molecule has 0 aliphatic carbocycles. The molecule has 3 nitrogen and oxygen atoms in total. The summed E-state index contributed by atoms with van der Waals surface area (Å²) in [6.07, 6.45) is 2.11. The topological polar surface area (TPSA) is 32.7 Å². The van der Waals surface area contributed by atoms with Gasteiger partial charge in [-0.1, -0.05) is 11.6 Å². The number of ether oxygens (including phenoxy) is 1. The second-order valence-electron chi connectivity index (χ2n) is 4.53. The van der Waals surface area contributed by atoms with Gasteiger partial charge in [0, 0.05) is 36.4 Å². The van der Waals surface area contributed by atoms with Gasteiger partial charge in [-0.15, -0.1) is 0 Å². The Bertz CT molecular complexity index is 378. The summed E-state index contributed by atoms with van der Waals surface area (Å²) < 4.78 is 5.35. The fourth-order valence-electron chi connectivity index (χ4n) is 2.20. The average Bonchev–Trinajstić information content (AvgIpc) is 2.35. The third kappa shape index (κ3) is 3.35. The van der Waals surface area contributed by atoms with Crippen LogP contribution in [0.5, 0.6) is 5.75 Å². The first-order valence-electron chi connectivity index (χ1n) is 5.92. The Hall–Kier alpha value is -0.770. The predicted octanol–water partition coefficient (Wildman–Crippen LogP) is 2.66. The highest BCUT2D eigenvalue weighted by atomic mass is 35.5. The van der Waals surface area contributed by atoms with Crippen LogP contribution in [0.2, 0.25) is 5.02 Å². The van der Waals surface area contributed by atoms with Crippen LogP contribution in [0.3, 0.4) is 0 Å². The Morgan fingerprint density at radius 2 is 2.12 bits per heavy atom. The van der Waals surface area contributed by atoms with Crippen molar-refractivity contribution in [3.63, 3.8) is 0 Å². The number of hydrogen-bond acceptors (Lipinski definition) is 3. The summed E-state index contributed by atoms with van der Waals surface area (Å²) in [7, 11) is 2.08. The van der Waals surface area contributed by atoms with Gasteiger partial charge in [0.05, 0.1) is 0 Å². The summed E-state index contributed by atoms with van der Waals surface area (Å²) in [4.78, 5) is 2.26. The normalized spacial score (nSPS) is 17.6. The van der Waals surface area contributed by atoms with Crippen molar-refractivity contribution in [2.75, 3.05) is 20.3 Å². The Morgan fingerprint density at radius 3 is 2.82 bits per heavy atom. The number of benzene rings is 1. The molecule has 1 N–H and O–H groups in total. The summed E-state index contributed by atoms with van der Waals surface area (Å²) in [5, 5.41) is 10.4. The molecule has 1 aliphatic rings. The van der Waals surface area contributed by atoms with Gasteiger partial charge in [0.25, 0.3) is 0 Å².